The number of hydrogen-bond acceptors (Lipinski definition) is 6. The number of carbonyl (C=O) groups excluding carboxylic acids is 1. The maximum Gasteiger partial charge on any atom is 0.271 e. The number of nitrogens with one attached hydrogen (secondary N) is 1. The predicted octanol–water partition coefficient (Wildman–Crippen LogP) is 5.97. The first-order valence-corrected chi connectivity index (χ1v) is 11.0. The highest BCUT2D eigenvalue weighted by Crippen LogP contribution is 2.29. The monoisotopic (exact) mass is 512 g/mol. The minimum atomic E-state index is -0.528. The summed E-state index contributed by atoms with van der Waals surface area (Å²) in [4.78, 5) is 22.8. The lowest BCUT2D eigenvalue weighted by Crippen LogP contribution is -2.11. The summed E-state index contributed by atoms with van der Waals surface area (Å²) in [6, 6.07) is 17.8. The summed E-state index contributed by atoms with van der Waals surface area (Å²) in [5, 5.41) is 18.5. The molecule has 35 heavy (non-hydrogen) atoms. The van der Waals surface area contributed by atoms with E-state index in [2.05, 4.69) is 10.4 Å². The zero-order chi connectivity index (χ0) is 24.8. The van der Waals surface area contributed by atoms with Crippen molar-refractivity contribution >= 4 is 40.5 Å². The van der Waals surface area contributed by atoms with Crippen molar-refractivity contribution in [3.05, 3.63) is 110 Å². The van der Waals surface area contributed by atoms with Crippen molar-refractivity contribution in [1.82, 2.24) is 9.78 Å². The van der Waals surface area contributed by atoms with Gasteiger partial charge in [0, 0.05) is 22.7 Å². The second kappa shape index (κ2) is 10.9. The molecule has 0 aliphatic heterocycles. The van der Waals surface area contributed by atoms with Gasteiger partial charge in [0.15, 0.2) is 6.73 Å². The topological polar surface area (TPSA) is 109 Å². The van der Waals surface area contributed by atoms with Crippen LogP contribution < -0.4 is 14.8 Å². The van der Waals surface area contributed by atoms with Gasteiger partial charge in [-0.2, -0.15) is 5.10 Å². The molecule has 1 N–H and O–H groups in total. The van der Waals surface area contributed by atoms with Crippen molar-refractivity contribution in [3.8, 4) is 11.5 Å². The maximum atomic E-state index is 12.6. The maximum absolute atomic E-state index is 12.6. The molecule has 3 aromatic carbocycles. The average molecular weight is 513 g/mol. The molecule has 0 saturated heterocycles. The minimum Gasteiger partial charge on any atom is -0.487 e. The number of anilines is 1. The number of nitrogens with zero attached hydrogens (tertiary/aromatic N) is 3. The van der Waals surface area contributed by atoms with Crippen LogP contribution in [0.3, 0.4) is 0 Å². The minimum absolute atomic E-state index is 0.114. The number of halogens is 2. The van der Waals surface area contributed by atoms with E-state index in [1.165, 1.54) is 24.4 Å². The van der Waals surface area contributed by atoms with Crippen LogP contribution in [0.2, 0.25) is 10.0 Å². The number of non-ortho nitro benzene ring substituents is 1. The second-order valence-electron chi connectivity index (χ2n) is 7.31. The first-order chi connectivity index (χ1) is 16.9. The van der Waals surface area contributed by atoms with Gasteiger partial charge in [-0.3, -0.25) is 14.9 Å². The van der Waals surface area contributed by atoms with E-state index < -0.39 is 4.92 Å². The van der Waals surface area contributed by atoms with Crippen molar-refractivity contribution in [3.63, 3.8) is 0 Å². The highest BCUT2D eigenvalue weighted by Gasteiger charge is 2.11. The lowest BCUT2D eigenvalue weighted by atomic mass is 10.1. The van der Waals surface area contributed by atoms with Crippen molar-refractivity contribution < 1.29 is 19.2 Å². The Kier molecular flexibility index (Phi) is 7.49. The molecule has 0 aliphatic rings. The number of hydrogen-bond donors (Lipinski definition) is 1. The normalized spacial score (nSPS) is 10.6. The largest absolute Gasteiger partial charge is 0.487 e. The summed E-state index contributed by atoms with van der Waals surface area (Å²) >= 11 is 12.0. The number of amides is 1. The number of nitro benzene ring substituents is 1. The zero-order valence-electron chi connectivity index (χ0n) is 18.1. The van der Waals surface area contributed by atoms with Gasteiger partial charge in [0.2, 0.25) is 0 Å². The molecule has 9 nitrogen and oxygen atoms in total. The van der Waals surface area contributed by atoms with Crippen molar-refractivity contribution in [2.45, 2.75) is 13.3 Å². The van der Waals surface area contributed by atoms with E-state index in [0.29, 0.717) is 27.8 Å². The fraction of sp³-hybridized carbons (Fsp3) is 0.0833. The third-order valence-electron chi connectivity index (χ3n) is 4.79. The zero-order valence-corrected chi connectivity index (χ0v) is 19.6. The van der Waals surface area contributed by atoms with E-state index in [1.54, 1.807) is 59.4 Å². The average Bonchev–Trinajstić information content (AvgIpc) is 3.29. The quantitative estimate of drug-likeness (QED) is 0.218. The standard InChI is InChI=1S/C24H18Cl2N4O5/c25-18-2-1-3-21(10-18)35-15-29-13-19(12-27-29)28-24(31)17-6-4-16(5-7-17)14-34-23-9-8-20(30(32)33)11-22(23)26/h1-13H,14-15H2,(H,28,31). The molecule has 0 fully saturated rings. The van der Waals surface area contributed by atoms with E-state index in [1.807, 2.05) is 0 Å². The lowest BCUT2D eigenvalue weighted by molar-refractivity contribution is -0.384. The van der Waals surface area contributed by atoms with Crippen LogP contribution in [0.25, 0.3) is 0 Å². The summed E-state index contributed by atoms with van der Waals surface area (Å²) in [5.41, 5.74) is 1.65. The van der Waals surface area contributed by atoms with Crippen LogP contribution in [0.1, 0.15) is 15.9 Å². The van der Waals surface area contributed by atoms with E-state index >= 15 is 0 Å². The van der Waals surface area contributed by atoms with Crippen molar-refractivity contribution in [1.29, 1.82) is 0 Å². The van der Waals surface area contributed by atoms with Crippen LogP contribution in [0.15, 0.2) is 79.1 Å². The van der Waals surface area contributed by atoms with Gasteiger partial charge < -0.3 is 14.8 Å². The Bertz CT molecular complexity index is 1360. The van der Waals surface area contributed by atoms with Crippen LogP contribution in [0.4, 0.5) is 11.4 Å². The number of benzene rings is 3. The molecule has 1 heterocycles. The van der Waals surface area contributed by atoms with Gasteiger partial charge in [0.05, 0.1) is 28.0 Å². The van der Waals surface area contributed by atoms with Gasteiger partial charge in [-0.1, -0.05) is 41.4 Å². The molecule has 0 bridgehead atoms. The molecule has 178 valence electrons. The molecule has 0 saturated carbocycles. The van der Waals surface area contributed by atoms with Gasteiger partial charge in [-0.25, -0.2) is 4.68 Å². The van der Waals surface area contributed by atoms with Gasteiger partial charge in [-0.15, -0.1) is 0 Å². The Balaban J connectivity index is 1.29. The van der Waals surface area contributed by atoms with Gasteiger partial charge >= 0.3 is 0 Å². The molecule has 0 atom stereocenters. The molecule has 0 spiro atoms. The number of carbonyl (C=O) groups is 1. The first kappa shape index (κ1) is 24.1. The number of rotatable bonds is 9. The van der Waals surface area contributed by atoms with Gasteiger partial charge in [-0.05, 0) is 42.0 Å². The third-order valence-corrected chi connectivity index (χ3v) is 5.32. The second-order valence-corrected chi connectivity index (χ2v) is 8.15. The molecule has 4 rings (SSSR count). The Morgan fingerprint density at radius 1 is 1.06 bits per heavy atom. The summed E-state index contributed by atoms with van der Waals surface area (Å²) in [6.07, 6.45) is 3.17. The van der Waals surface area contributed by atoms with Crippen molar-refractivity contribution in [2.24, 2.45) is 0 Å². The third kappa shape index (κ3) is 6.50. The lowest BCUT2D eigenvalue weighted by Gasteiger charge is -2.09. The summed E-state index contributed by atoms with van der Waals surface area (Å²) < 4.78 is 12.8. The fourth-order valence-corrected chi connectivity index (χ4v) is 3.44. The van der Waals surface area contributed by atoms with E-state index in [-0.39, 0.29) is 30.0 Å². The Hall–Kier alpha value is -4.08. The highest BCUT2D eigenvalue weighted by atomic mass is 35.5. The molecule has 0 unspecified atom stereocenters. The smallest absolute Gasteiger partial charge is 0.271 e. The van der Waals surface area contributed by atoms with Gasteiger partial charge in [0.25, 0.3) is 11.6 Å². The van der Waals surface area contributed by atoms with Crippen LogP contribution in [-0.2, 0) is 13.3 Å². The molecule has 11 heteroatoms. The Morgan fingerprint density at radius 3 is 2.57 bits per heavy atom. The predicted molar refractivity (Wildman–Crippen MR) is 131 cm³/mol. The first-order valence-electron chi connectivity index (χ1n) is 10.3. The van der Waals surface area contributed by atoms with E-state index in [0.717, 1.165) is 5.56 Å². The van der Waals surface area contributed by atoms with Crippen LogP contribution in [0, 0.1) is 10.1 Å². The molecule has 0 radical (unpaired) electrons. The number of nitro groups is 1. The highest BCUT2D eigenvalue weighted by molar-refractivity contribution is 6.32. The summed E-state index contributed by atoms with van der Waals surface area (Å²) in [5.74, 6) is 0.639. The van der Waals surface area contributed by atoms with Gasteiger partial charge in [0.1, 0.15) is 18.1 Å². The summed E-state index contributed by atoms with van der Waals surface area (Å²) in [7, 11) is 0. The molecular weight excluding hydrogens is 495 g/mol. The van der Waals surface area contributed by atoms with E-state index in [4.69, 9.17) is 32.7 Å². The summed E-state index contributed by atoms with van der Waals surface area (Å²) in [6.45, 7) is 0.336. The number of aromatic nitrogens is 2. The van der Waals surface area contributed by atoms with Crippen molar-refractivity contribution in [2.75, 3.05) is 5.32 Å². The molecular formula is C24H18Cl2N4O5. The molecule has 0 aliphatic carbocycles. The SMILES string of the molecule is O=C(Nc1cnn(COc2cccc(Cl)c2)c1)c1ccc(COc2ccc([N+](=O)[O-])cc2Cl)cc1. The number of ether oxygens (including phenoxy) is 2. The van der Waals surface area contributed by atoms with Crippen LogP contribution in [-0.4, -0.2) is 20.6 Å². The van der Waals surface area contributed by atoms with E-state index in [9.17, 15) is 14.9 Å². The van der Waals surface area contributed by atoms with Crippen LogP contribution in [0.5, 0.6) is 11.5 Å². The fourth-order valence-electron chi connectivity index (χ4n) is 3.03. The Labute approximate surface area is 210 Å². The Morgan fingerprint density at radius 2 is 1.86 bits per heavy atom. The molecule has 1 aromatic heterocycles. The molecule has 1 amide bonds. The molecule has 4 aromatic rings. The van der Waals surface area contributed by atoms with Crippen LogP contribution >= 0.6 is 23.2 Å².